The van der Waals surface area contributed by atoms with Gasteiger partial charge in [-0.1, -0.05) is 18.2 Å². The molecule has 1 aromatic heterocycles. The van der Waals surface area contributed by atoms with Crippen LogP contribution in [0.2, 0.25) is 0 Å². The van der Waals surface area contributed by atoms with Crippen molar-refractivity contribution in [3.63, 3.8) is 0 Å². The van der Waals surface area contributed by atoms with E-state index in [1.165, 1.54) is 38.3 Å². The molecule has 2 fully saturated rings. The molecule has 2 aliphatic heterocycles. The van der Waals surface area contributed by atoms with Gasteiger partial charge in [0.05, 0.1) is 5.69 Å². The number of piperazine rings is 1. The third-order valence-corrected chi connectivity index (χ3v) is 5.88. The molecule has 1 atom stereocenters. The summed E-state index contributed by atoms with van der Waals surface area (Å²) in [5.74, 6) is 0.901. The monoisotopic (exact) mass is 358 g/mol. The molecule has 134 valence electrons. The quantitative estimate of drug-likeness (QED) is 0.857. The van der Waals surface area contributed by atoms with Gasteiger partial charge < -0.3 is 10.1 Å². The topological polar surface area (TPSA) is 40.6 Å². The van der Waals surface area contributed by atoms with Gasteiger partial charge in [-0.15, -0.1) is 11.3 Å². The maximum atomic E-state index is 5.79. The van der Waals surface area contributed by atoms with Crippen molar-refractivity contribution in [2.45, 2.75) is 25.6 Å². The van der Waals surface area contributed by atoms with E-state index in [4.69, 9.17) is 9.72 Å². The Kier molecular flexibility index (Phi) is 5.62. The first kappa shape index (κ1) is 17.0. The molecule has 0 saturated carbocycles. The van der Waals surface area contributed by atoms with Crippen LogP contribution in [0.5, 0.6) is 5.75 Å². The lowest BCUT2D eigenvalue weighted by Gasteiger charge is -2.32. The summed E-state index contributed by atoms with van der Waals surface area (Å²) >= 11 is 1.70. The van der Waals surface area contributed by atoms with E-state index in [-0.39, 0.29) is 0 Å². The Morgan fingerprint density at radius 1 is 1.16 bits per heavy atom. The molecule has 0 amide bonds. The van der Waals surface area contributed by atoms with Gasteiger partial charge in [0, 0.05) is 57.2 Å². The van der Waals surface area contributed by atoms with E-state index in [0.717, 1.165) is 36.4 Å². The number of ether oxygens (including phenoxy) is 1. The molecule has 0 bridgehead atoms. The third-order valence-electron chi connectivity index (χ3n) is 5.01. The van der Waals surface area contributed by atoms with Crippen LogP contribution in [0.15, 0.2) is 35.7 Å². The van der Waals surface area contributed by atoms with Crippen molar-refractivity contribution >= 4 is 11.3 Å². The maximum Gasteiger partial charge on any atom is 0.140 e. The highest BCUT2D eigenvalue weighted by Gasteiger charge is 2.28. The fourth-order valence-corrected chi connectivity index (χ4v) is 4.38. The summed E-state index contributed by atoms with van der Waals surface area (Å²) in [6.45, 7) is 8.52. The molecule has 1 N–H and O–H groups in total. The molecular formula is C19H26N4OS. The number of hydrogen-bond donors (Lipinski definition) is 1. The van der Waals surface area contributed by atoms with Crippen LogP contribution in [0.25, 0.3) is 0 Å². The normalized spacial score (nSPS) is 22.3. The van der Waals surface area contributed by atoms with Crippen LogP contribution in [-0.2, 0) is 13.2 Å². The second-order valence-corrected chi connectivity index (χ2v) is 7.74. The van der Waals surface area contributed by atoms with Gasteiger partial charge in [-0.05, 0) is 18.6 Å². The van der Waals surface area contributed by atoms with Gasteiger partial charge in [0.15, 0.2) is 0 Å². The molecule has 2 saturated heterocycles. The van der Waals surface area contributed by atoms with Crippen LogP contribution in [0.1, 0.15) is 17.1 Å². The number of para-hydroxylation sites is 1. The zero-order chi connectivity index (χ0) is 16.9. The first-order valence-corrected chi connectivity index (χ1v) is 10.0. The average Bonchev–Trinajstić information content (AvgIpc) is 3.32. The van der Waals surface area contributed by atoms with Gasteiger partial charge >= 0.3 is 0 Å². The fourth-order valence-electron chi connectivity index (χ4n) is 3.68. The molecule has 2 aromatic rings. The van der Waals surface area contributed by atoms with E-state index in [0.29, 0.717) is 6.61 Å². The van der Waals surface area contributed by atoms with Crippen molar-refractivity contribution in [2.24, 2.45) is 0 Å². The van der Waals surface area contributed by atoms with Crippen LogP contribution in [-0.4, -0.2) is 60.1 Å². The summed E-state index contributed by atoms with van der Waals surface area (Å²) < 4.78 is 5.79. The zero-order valence-corrected chi connectivity index (χ0v) is 15.4. The number of hydrogen-bond acceptors (Lipinski definition) is 6. The Balaban J connectivity index is 1.25. The van der Waals surface area contributed by atoms with Gasteiger partial charge in [-0.2, -0.15) is 0 Å². The van der Waals surface area contributed by atoms with Gasteiger partial charge in [-0.3, -0.25) is 9.80 Å². The van der Waals surface area contributed by atoms with Crippen LogP contribution in [0.3, 0.4) is 0 Å². The highest BCUT2D eigenvalue weighted by molar-refractivity contribution is 7.09. The first-order chi connectivity index (χ1) is 12.4. The van der Waals surface area contributed by atoms with Gasteiger partial charge in [0.1, 0.15) is 17.4 Å². The van der Waals surface area contributed by atoms with Crippen molar-refractivity contribution in [2.75, 3.05) is 39.3 Å². The van der Waals surface area contributed by atoms with Crippen LogP contribution >= 0.6 is 11.3 Å². The van der Waals surface area contributed by atoms with E-state index < -0.39 is 0 Å². The van der Waals surface area contributed by atoms with Crippen molar-refractivity contribution in [1.82, 2.24) is 20.1 Å². The molecular weight excluding hydrogens is 332 g/mol. The third kappa shape index (κ3) is 4.58. The number of likely N-dealkylation sites (tertiary alicyclic amines) is 1. The average molecular weight is 359 g/mol. The van der Waals surface area contributed by atoms with Crippen molar-refractivity contribution in [3.05, 3.63) is 46.4 Å². The molecule has 6 heteroatoms. The number of rotatable bonds is 6. The Labute approximate surface area is 153 Å². The predicted octanol–water partition coefficient (Wildman–Crippen LogP) is 2.20. The van der Waals surface area contributed by atoms with E-state index >= 15 is 0 Å². The van der Waals surface area contributed by atoms with E-state index in [1.54, 1.807) is 11.3 Å². The Hall–Kier alpha value is -1.47. The minimum atomic E-state index is 0.554. The van der Waals surface area contributed by atoms with Crippen LogP contribution in [0.4, 0.5) is 0 Å². The largest absolute Gasteiger partial charge is 0.486 e. The standard InChI is InChI=1S/C19H26N4OS/c1-2-4-18(5-3-1)24-14-19-21-16(15-25-19)12-22-9-6-17(13-22)23-10-7-20-8-11-23/h1-5,15,17,20H,6-14H2. The van der Waals surface area contributed by atoms with Crippen LogP contribution in [0, 0.1) is 0 Å². The SMILES string of the molecule is c1ccc(OCc2nc(CN3CCC(N4CCNCC4)C3)cs2)cc1. The first-order valence-electron chi connectivity index (χ1n) is 9.15. The maximum absolute atomic E-state index is 5.79. The van der Waals surface area contributed by atoms with E-state index in [9.17, 15) is 0 Å². The Morgan fingerprint density at radius 2 is 2.00 bits per heavy atom. The summed E-state index contributed by atoms with van der Waals surface area (Å²) in [5, 5.41) is 6.67. The molecule has 2 aliphatic rings. The highest BCUT2D eigenvalue weighted by atomic mass is 32.1. The molecule has 0 spiro atoms. The van der Waals surface area contributed by atoms with E-state index in [1.807, 2.05) is 30.3 Å². The molecule has 0 radical (unpaired) electrons. The minimum Gasteiger partial charge on any atom is -0.486 e. The summed E-state index contributed by atoms with van der Waals surface area (Å²) in [5.41, 5.74) is 1.18. The molecule has 25 heavy (non-hydrogen) atoms. The summed E-state index contributed by atoms with van der Waals surface area (Å²) in [6.07, 6.45) is 1.29. The number of nitrogens with one attached hydrogen (secondary N) is 1. The summed E-state index contributed by atoms with van der Waals surface area (Å²) in [7, 11) is 0. The number of aromatic nitrogens is 1. The Morgan fingerprint density at radius 3 is 2.84 bits per heavy atom. The minimum absolute atomic E-state index is 0.554. The zero-order valence-electron chi connectivity index (χ0n) is 14.6. The van der Waals surface area contributed by atoms with E-state index in [2.05, 4.69) is 20.5 Å². The lowest BCUT2D eigenvalue weighted by molar-refractivity contribution is 0.170. The Bertz CT molecular complexity index is 656. The summed E-state index contributed by atoms with van der Waals surface area (Å²) in [4.78, 5) is 9.95. The van der Waals surface area contributed by atoms with Crippen molar-refractivity contribution < 1.29 is 4.74 Å². The van der Waals surface area contributed by atoms with Crippen LogP contribution < -0.4 is 10.1 Å². The second-order valence-electron chi connectivity index (χ2n) is 6.80. The molecule has 1 unspecified atom stereocenters. The predicted molar refractivity (Wildman–Crippen MR) is 101 cm³/mol. The summed E-state index contributed by atoms with van der Waals surface area (Å²) in [6, 6.07) is 10.7. The number of thiazole rings is 1. The van der Waals surface area contributed by atoms with Crippen molar-refractivity contribution in [3.8, 4) is 5.75 Å². The number of nitrogens with zero attached hydrogens (tertiary/aromatic N) is 3. The van der Waals surface area contributed by atoms with Gasteiger partial charge in [0.25, 0.3) is 0 Å². The second kappa shape index (κ2) is 8.27. The van der Waals surface area contributed by atoms with Gasteiger partial charge in [-0.25, -0.2) is 4.98 Å². The molecule has 0 aliphatic carbocycles. The molecule has 5 nitrogen and oxygen atoms in total. The molecule has 1 aromatic carbocycles. The lowest BCUT2D eigenvalue weighted by Crippen LogP contribution is -2.49. The highest BCUT2D eigenvalue weighted by Crippen LogP contribution is 2.20. The lowest BCUT2D eigenvalue weighted by atomic mass is 10.2. The number of benzene rings is 1. The molecule has 3 heterocycles. The fraction of sp³-hybridized carbons (Fsp3) is 0.526. The molecule has 4 rings (SSSR count). The van der Waals surface area contributed by atoms with Crippen molar-refractivity contribution in [1.29, 1.82) is 0 Å². The smallest absolute Gasteiger partial charge is 0.140 e. The van der Waals surface area contributed by atoms with Gasteiger partial charge in [0.2, 0.25) is 0 Å².